The lowest BCUT2D eigenvalue weighted by molar-refractivity contribution is 0.0954. The molecular weight excluding hydrogens is 334 g/mol. The maximum atomic E-state index is 12.0. The van der Waals surface area contributed by atoms with Gasteiger partial charge in [0.15, 0.2) is 0 Å². The van der Waals surface area contributed by atoms with Crippen molar-refractivity contribution in [1.82, 2.24) is 10.3 Å². The summed E-state index contributed by atoms with van der Waals surface area (Å²) in [5, 5.41) is 3.96. The molecule has 4 heteroatoms. The SMILES string of the molecule is CC(C)=NNC(=O)c1ccc(CN2CCC(Cc3ccccc3)CC2)cc1. The minimum absolute atomic E-state index is 0.163. The molecule has 142 valence electrons. The quantitative estimate of drug-likeness (QED) is 0.615. The van der Waals surface area contributed by atoms with E-state index in [0.29, 0.717) is 5.56 Å². The molecule has 0 atom stereocenters. The molecule has 2 aromatic rings. The Bertz CT molecular complexity index is 756. The van der Waals surface area contributed by atoms with Gasteiger partial charge in [0.05, 0.1) is 0 Å². The van der Waals surface area contributed by atoms with Crippen molar-refractivity contribution in [3.63, 3.8) is 0 Å². The van der Waals surface area contributed by atoms with Gasteiger partial charge in [0.2, 0.25) is 0 Å². The maximum Gasteiger partial charge on any atom is 0.271 e. The van der Waals surface area contributed by atoms with Gasteiger partial charge in [-0.3, -0.25) is 9.69 Å². The number of hydrogen-bond acceptors (Lipinski definition) is 3. The molecule has 0 saturated carbocycles. The number of benzene rings is 2. The van der Waals surface area contributed by atoms with Gasteiger partial charge in [-0.25, -0.2) is 5.43 Å². The Balaban J connectivity index is 1.46. The van der Waals surface area contributed by atoms with Crippen LogP contribution < -0.4 is 5.43 Å². The molecule has 0 aliphatic carbocycles. The van der Waals surface area contributed by atoms with Crippen LogP contribution in [0.4, 0.5) is 0 Å². The van der Waals surface area contributed by atoms with E-state index in [1.165, 1.54) is 30.4 Å². The number of likely N-dealkylation sites (tertiary alicyclic amines) is 1. The highest BCUT2D eigenvalue weighted by Crippen LogP contribution is 2.23. The van der Waals surface area contributed by atoms with Crippen molar-refractivity contribution >= 4 is 11.6 Å². The molecule has 0 spiro atoms. The number of nitrogens with zero attached hydrogens (tertiary/aromatic N) is 2. The standard InChI is InChI=1S/C23H29N3O/c1-18(2)24-25-23(27)22-10-8-21(9-11-22)17-26-14-12-20(13-15-26)16-19-6-4-3-5-7-19/h3-11,20H,12-17H2,1-2H3,(H,25,27). The van der Waals surface area contributed by atoms with Crippen molar-refractivity contribution in [2.24, 2.45) is 11.0 Å². The molecule has 1 aliphatic heterocycles. The highest BCUT2D eigenvalue weighted by molar-refractivity contribution is 5.95. The summed E-state index contributed by atoms with van der Waals surface area (Å²) in [6.07, 6.45) is 3.70. The molecule has 1 saturated heterocycles. The molecule has 0 unspecified atom stereocenters. The van der Waals surface area contributed by atoms with Crippen LogP contribution in [-0.2, 0) is 13.0 Å². The van der Waals surface area contributed by atoms with Crippen molar-refractivity contribution in [2.75, 3.05) is 13.1 Å². The predicted octanol–water partition coefficient (Wildman–Crippen LogP) is 4.27. The first-order valence-corrected chi connectivity index (χ1v) is 9.76. The van der Waals surface area contributed by atoms with Gasteiger partial charge in [-0.05, 0) is 75.4 Å². The van der Waals surface area contributed by atoms with Gasteiger partial charge in [-0.15, -0.1) is 0 Å². The van der Waals surface area contributed by atoms with E-state index in [2.05, 4.69) is 45.8 Å². The summed E-state index contributed by atoms with van der Waals surface area (Å²) in [6, 6.07) is 18.7. The van der Waals surface area contributed by atoms with Gasteiger partial charge >= 0.3 is 0 Å². The van der Waals surface area contributed by atoms with Gasteiger partial charge in [0.1, 0.15) is 0 Å². The molecule has 4 nitrogen and oxygen atoms in total. The first-order chi connectivity index (χ1) is 13.1. The Morgan fingerprint density at radius 3 is 2.30 bits per heavy atom. The minimum Gasteiger partial charge on any atom is -0.299 e. The van der Waals surface area contributed by atoms with Crippen LogP contribution in [-0.4, -0.2) is 29.6 Å². The molecule has 1 fully saturated rings. The van der Waals surface area contributed by atoms with E-state index >= 15 is 0 Å². The summed E-state index contributed by atoms with van der Waals surface area (Å²) in [4.78, 5) is 14.5. The number of hydrazone groups is 1. The molecule has 3 rings (SSSR count). The Morgan fingerprint density at radius 1 is 1.00 bits per heavy atom. The number of rotatable bonds is 6. The zero-order chi connectivity index (χ0) is 19.1. The number of amides is 1. The molecule has 1 aliphatic rings. The fourth-order valence-corrected chi connectivity index (χ4v) is 3.54. The molecule has 0 bridgehead atoms. The fraction of sp³-hybridized carbons (Fsp3) is 0.391. The van der Waals surface area contributed by atoms with E-state index in [1.54, 1.807) is 0 Å². The average molecular weight is 364 g/mol. The van der Waals surface area contributed by atoms with E-state index in [1.807, 2.05) is 38.1 Å². The van der Waals surface area contributed by atoms with Gasteiger partial charge in [-0.1, -0.05) is 42.5 Å². The van der Waals surface area contributed by atoms with Gasteiger partial charge in [-0.2, -0.15) is 5.10 Å². The van der Waals surface area contributed by atoms with E-state index in [0.717, 1.165) is 31.3 Å². The van der Waals surface area contributed by atoms with Crippen LogP contribution >= 0.6 is 0 Å². The molecular formula is C23H29N3O. The van der Waals surface area contributed by atoms with Crippen molar-refractivity contribution in [2.45, 2.75) is 39.7 Å². The van der Waals surface area contributed by atoms with E-state index in [9.17, 15) is 4.79 Å². The third-order valence-electron chi connectivity index (χ3n) is 5.08. The van der Waals surface area contributed by atoms with Crippen LogP contribution in [0.5, 0.6) is 0 Å². The Kier molecular flexibility index (Phi) is 6.77. The number of hydrogen-bond donors (Lipinski definition) is 1. The maximum absolute atomic E-state index is 12.0. The Hall–Kier alpha value is -2.46. The predicted molar refractivity (Wildman–Crippen MR) is 111 cm³/mol. The summed E-state index contributed by atoms with van der Waals surface area (Å²) >= 11 is 0. The first kappa shape index (κ1) is 19.3. The monoisotopic (exact) mass is 363 g/mol. The molecule has 0 aromatic heterocycles. The van der Waals surface area contributed by atoms with Gasteiger partial charge < -0.3 is 0 Å². The molecule has 1 heterocycles. The van der Waals surface area contributed by atoms with Crippen LogP contribution in [0.25, 0.3) is 0 Å². The van der Waals surface area contributed by atoms with E-state index in [4.69, 9.17) is 0 Å². The highest BCUT2D eigenvalue weighted by atomic mass is 16.2. The van der Waals surface area contributed by atoms with Crippen LogP contribution in [0.1, 0.15) is 48.2 Å². The lowest BCUT2D eigenvalue weighted by Gasteiger charge is -2.32. The van der Waals surface area contributed by atoms with Gasteiger partial charge in [0, 0.05) is 17.8 Å². The molecule has 2 aromatic carbocycles. The summed E-state index contributed by atoms with van der Waals surface area (Å²) in [7, 11) is 0. The van der Waals surface area contributed by atoms with Crippen LogP contribution in [0.3, 0.4) is 0 Å². The van der Waals surface area contributed by atoms with Crippen molar-refractivity contribution < 1.29 is 4.79 Å². The van der Waals surface area contributed by atoms with Crippen molar-refractivity contribution in [3.05, 3.63) is 71.3 Å². The van der Waals surface area contributed by atoms with Gasteiger partial charge in [0.25, 0.3) is 5.91 Å². The van der Waals surface area contributed by atoms with Crippen molar-refractivity contribution in [3.8, 4) is 0 Å². The first-order valence-electron chi connectivity index (χ1n) is 9.76. The highest BCUT2D eigenvalue weighted by Gasteiger charge is 2.19. The average Bonchev–Trinajstić information content (AvgIpc) is 2.69. The third kappa shape index (κ3) is 6.04. The number of carbonyl (C=O) groups excluding carboxylic acids is 1. The molecule has 1 amide bonds. The largest absolute Gasteiger partial charge is 0.299 e. The number of carbonyl (C=O) groups is 1. The third-order valence-corrected chi connectivity index (χ3v) is 5.08. The second kappa shape index (κ2) is 9.47. The topological polar surface area (TPSA) is 44.7 Å². The van der Waals surface area contributed by atoms with Crippen LogP contribution in [0.2, 0.25) is 0 Å². The number of nitrogens with one attached hydrogen (secondary N) is 1. The second-order valence-electron chi connectivity index (χ2n) is 7.61. The second-order valence-corrected chi connectivity index (χ2v) is 7.61. The summed E-state index contributed by atoms with van der Waals surface area (Å²) in [5.41, 5.74) is 6.74. The Morgan fingerprint density at radius 2 is 1.67 bits per heavy atom. The summed E-state index contributed by atoms with van der Waals surface area (Å²) < 4.78 is 0. The molecule has 27 heavy (non-hydrogen) atoms. The van der Waals surface area contributed by atoms with E-state index < -0.39 is 0 Å². The van der Waals surface area contributed by atoms with Crippen LogP contribution in [0, 0.1) is 5.92 Å². The lowest BCUT2D eigenvalue weighted by Crippen LogP contribution is -2.33. The van der Waals surface area contributed by atoms with Crippen molar-refractivity contribution in [1.29, 1.82) is 0 Å². The van der Waals surface area contributed by atoms with Crippen LogP contribution in [0.15, 0.2) is 59.7 Å². The smallest absolute Gasteiger partial charge is 0.271 e. The summed E-state index contributed by atoms with van der Waals surface area (Å²) in [5.74, 6) is 0.627. The normalized spacial score (nSPS) is 15.3. The lowest BCUT2D eigenvalue weighted by atomic mass is 9.90. The minimum atomic E-state index is -0.163. The fourth-order valence-electron chi connectivity index (χ4n) is 3.54. The Labute approximate surface area is 162 Å². The zero-order valence-corrected chi connectivity index (χ0v) is 16.3. The molecule has 1 N–H and O–H groups in total. The van der Waals surface area contributed by atoms with E-state index in [-0.39, 0.29) is 5.91 Å². The zero-order valence-electron chi connectivity index (χ0n) is 16.3. The molecule has 0 radical (unpaired) electrons. The number of piperidine rings is 1. The summed E-state index contributed by atoms with van der Waals surface area (Å²) in [6.45, 7) is 6.94.